The lowest BCUT2D eigenvalue weighted by Gasteiger charge is -2.40. The molecule has 1 atom stereocenters. The first-order chi connectivity index (χ1) is 7.59. The van der Waals surface area contributed by atoms with Crippen LogP contribution in [0.2, 0.25) is 0 Å². The van der Waals surface area contributed by atoms with Gasteiger partial charge in [0.1, 0.15) is 0 Å². The second kappa shape index (κ2) is 4.48. The Morgan fingerprint density at radius 2 is 2.31 bits per heavy atom. The standard InChI is InChI=1S/C15H22O/c1-12-5-4-9-15(2,3)14(12)7-6-13-8-10-16-11-13/h8,10-11,14H,1,4-7,9H2,2-3H3. The maximum atomic E-state index is 5.11. The summed E-state index contributed by atoms with van der Waals surface area (Å²) in [6.07, 6.45) is 9.82. The van der Waals surface area contributed by atoms with Crippen LogP contribution >= 0.6 is 0 Å². The molecule has 0 aromatic carbocycles. The van der Waals surface area contributed by atoms with Gasteiger partial charge in [-0.1, -0.05) is 26.0 Å². The van der Waals surface area contributed by atoms with E-state index in [1.54, 1.807) is 6.26 Å². The van der Waals surface area contributed by atoms with Crippen molar-refractivity contribution in [3.8, 4) is 0 Å². The molecule has 1 aliphatic rings. The SMILES string of the molecule is C=C1CCCC(C)(C)C1CCc1ccoc1. The van der Waals surface area contributed by atoms with E-state index in [2.05, 4.69) is 26.5 Å². The predicted molar refractivity (Wildman–Crippen MR) is 67.3 cm³/mol. The second-order valence-electron chi connectivity index (χ2n) is 5.72. The van der Waals surface area contributed by atoms with Crippen LogP contribution in [0.5, 0.6) is 0 Å². The zero-order chi connectivity index (χ0) is 11.6. The van der Waals surface area contributed by atoms with Gasteiger partial charge in [-0.15, -0.1) is 0 Å². The number of allylic oxidation sites excluding steroid dienone is 1. The Kier molecular flexibility index (Phi) is 3.22. The molecule has 1 aliphatic carbocycles. The van der Waals surface area contributed by atoms with Gasteiger partial charge in [0.25, 0.3) is 0 Å². The zero-order valence-corrected chi connectivity index (χ0v) is 10.5. The summed E-state index contributed by atoms with van der Waals surface area (Å²) in [4.78, 5) is 0. The van der Waals surface area contributed by atoms with Crippen molar-refractivity contribution in [1.82, 2.24) is 0 Å². The monoisotopic (exact) mass is 218 g/mol. The summed E-state index contributed by atoms with van der Waals surface area (Å²) in [7, 11) is 0. The molecule has 16 heavy (non-hydrogen) atoms. The van der Waals surface area contributed by atoms with Crippen LogP contribution in [-0.2, 0) is 6.42 Å². The molecule has 0 aliphatic heterocycles. The van der Waals surface area contributed by atoms with Crippen molar-refractivity contribution in [2.45, 2.75) is 46.0 Å². The van der Waals surface area contributed by atoms with E-state index in [-0.39, 0.29) is 0 Å². The van der Waals surface area contributed by atoms with Crippen molar-refractivity contribution in [3.63, 3.8) is 0 Å². The van der Waals surface area contributed by atoms with Crippen LogP contribution in [0, 0.1) is 11.3 Å². The second-order valence-corrected chi connectivity index (χ2v) is 5.72. The smallest absolute Gasteiger partial charge is 0.0934 e. The van der Waals surface area contributed by atoms with Crippen molar-refractivity contribution in [1.29, 1.82) is 0 Å². The summed E-state index contributed by atoms with van der Waals surface area (Å²) in [6, 6.07) is 2.07. The van der Waals surface area contributed by atoms with Gasteiger partial charge in [0.05, 0.1) is 12.5 Å². The molecule has 88 valence electrons. The van der Waals surface area contributed by atoms with Crippen molar-refractivity contribution in [3.05, 3.63) is 36.3 Å². The fourth-order valence-electron chi connectivity index (χ4n) is 3.01. The summed E-state index contributed by atoms with van der Waals surface area (Å²) < 4.78 is 5.11. The van der Waals surface area contributed by atoms with Crippen molar-refractivity contribution < 1.29 is 4.42 Å². The molecule has 1 saturated carbocycles. The number of aryl methyl sites for hydroxylation is 1. The summed E-state index contributed by atoms with van der Waals surface area (Å²) in [5, 5.41) is 0. The maximum absolute atomic E-state index is 5.11. The van der Waals surface area contributed by atoms with Crippen molar-refractivity contribution in [2.24, 2.45) is 11.3 Å². The van der Waals surface area contributed by atoms with Crippen molar-refractivity contribution >= 4 is 0 Å². The van der Waals surface area contributed by atoms with E-state index in [9.17, 15) is 0 Å². The minimum Gasteiger partial charge on any atom is -0.472 e. The van der Waals surface area contributed by atoms with E-state index < -0.39 is 0 Å². The molecule has 1 fully saturated rings. The molecular formula is C15H22O. The number of hydrogen-bond donors (Lipinski definition) is 0. The molecular weight excluding hydrogens is 196 g/mol. The highest BCUT2D eigenvalue weighted by atomic mass is 16.3. The Morgan fingerprint density at radius 1 is 1.50 bits per heavy atom. The number of hydrogen-bond acceptors (Lipinski definition) is 1. The predicted octanol–water partition coefficient (Wildman–Crippen LogP) is 4.59. The van der Waals surface area contributed by atoms with Gasteiger partial charge in [0.15, 0.2) is 0 Å². The highest BCUT2D eigenvalue weighted by molar-refractivity contribution is 5.12. The lowest BCUT2D eigenvalue weighted by molar-refractivity contribution is 0.180. The Balaban J connectivity index is 1.98. The third kappa shape index (κ3) is 2.40. The largest absolute Gasteiger partial charge is 0.472 e. The van der Waals surface area contributed by atoms with E-state index in [0.29, 0.717) is 11.3 Å². The van der Waals surface area contributed by atoms with Gasteiger partial charge in [-0.05, 0) is 55.1 Å². The van der Waals surface area contributed by atoms with E-state index in [1.165, 1.54) is 36.8 Å². The molecule has 0 saturated heterocycles. The Hall–Kier alpha value is -0.980. The lowest BCUT2D eigenvalue weighted by atomic mass is 9.65. The molecule has 0 bridgehead atoms. The summed E-state index contributed by atoms with van der Waals surface area (Å²) >= 11 is 0. The van der Waals surface area contributed by atoms with Crippen molar-refractivity contribution in [2.75, 3.05) is 0 Å². The van der Waals surface area contributed by atoms with Crippen LogP contribution < -0.4 is 0 Å². The van der Waals surface area contributed by atoms with Gasteiger partial charge in [-0.2, -0.15) is 0 Å². The topological polar surface area (TPSA) is 13.1 Å². The quantitative estimate of drug-likeness (QED) is 0.676. The van der Waals surface area contributed by atoms with Crippen LogP contribution in [0.1, 0.15) is 45.1 Å². The van der Waals surface area contributed by atoms with Crippen LogP contribution in [-0.4, -0.2) is 0 Å². The minimum absolute atomic E-state index is 0.430. The minimum atomic E-state index is 0.430. The van der Waals surface area contributed by atoms with Gasteiger partial charge < -0.3 is 4.42 Å². The first-order valence-electron chi connectivity index (χ1n) is 6.28. The summed E-state index contributed by atoms with van der Waals surface area (Å²) in [5.74, 6) is 0.677. The average Bonchev–Trinajstić information content (AvgIpc) is 2.68. The maximum Gasteiger partial charge on any atom is 0.0934 e. The number of furan rings is 1. The van der Waals surface area contributed by atoms with E-state index in [0.717, 1.165) is 6.42 Å². The molecule has 1 aromatic heterocycles. The summed E-state index contributed by atoms with van der Waals surface area (Å²) in [6.45, 7) is 9.04. The molecule has 1 heterocycles. The van der Waals surface area contributed by atoms with Crippen LogP contribution in [0.15, 0.2) is 35.2 Å². The molecule has 0 radical (unpaired) electrons. The molecule has 0 spiro atoms. The average molecular weight is 218 g/mol. The van der Waals surface area contributed by atoms with E-state index in [1.807, 2.05) is 6.26 Å². The normalized spacial score (nSPS) is 24.6. The third-order valence-corrected chi connectivity index (χ3v) is 4.06. The number of rotatable bonds is 3. The third-order valence-electron chi connectivity index (χ3n) is 4.06. The molecule has 1 heteroatoms. The van der Waals surface area contributed by atoms with Gasteiger partial charge in [-0.25, -0.2) is 0 Å². The Labute approximate surface area is 98.5 Å². The van der Waals surface area contributed by atoms with Gasteiger partial charge >= 0.3 is 0 Å². The lowest BCUT2D eigenvalue weighted by Crippen LogP contribution is -2.29. The van der Waals surface area contributed by atoms with Gasteiger partial charge in [0, 0.05) is 0 Å². The van der Waals surface area contributed by atoms with Gasteiger partial charge in [0.2, 0.25) is 0 Å². The fraction of sp³-hybridized carbons (Fsp3) is 0.600. The summed E-state index contributed by atoms with van der Waals surface area (Å²) in [5.41, 5.74) is 3.20. The van der Waals surface area contributed by atoms with Crippen LogP contribution in [0.25, 0.3) is 0 Å². The first kappa shape index (κ1) is 11.5. The molecule has 0 N–H and O–H groups in total. The highest BCUT2D eigenvalue weighted by Crippen LogP contribution is 2.45. The molecule has 0 amide bonds. The molecule has 1 nitrogen and oxygen atoms in total. The molecule has 2 rings (SSSR count). The molecule has 1 aromatic rings. The van der Waals surface area contributed by atoms with E-state index in [4.69, 9.17) is 4.42 Å². The van der Waals surface area contributed by atoms with E-state index >= 15 is 0 Å². The fourth-order valence-corrected chi connectivity index (χ4v) is 3.01. The van der Waals surface area contributed by atoms with Crippen LogP contribution in [0.4, 0.5) is 0 Å². The first-order valence-corrected chi connectivity index (χ1v) is 6.28. The highest BCUT2D eigenvalue weighted by Gasteiger charge is 2.33. The zero-order valence-electron chi connectivity index (χ0n) is 10.5. The van der Waals surface area contributed by atoms with Crippen LogP contribution in [0.3, 0.4) is 0 Å². The Bertz CT molecular complexity index is 346. The Morgan fingerprint density at radius 3 is 2.94 bits per heavy atom. The van der Waals surface area contributed by atoms with Gasteiger partial charge in [-0.3, -0.25) is 0 Å². The molecule has 1 unspecified atom stereocenters.